The summed E-state index contributed by atoms with van der Waals surface area (Å²) in [5, 5.41) is 10.2. The largest absolute Gasteiger partial charge is 0.385 e. The van der Waals surface area contributed by atoms with Crippen molar-refractivity contribution < 1.29 is 9.50 Å². The van der Waals surface area contributed by atoms with Crippen molar-refractivity contribution in [1.29, 1.82) is 0 Å². The number of rotatable bonds is 2. The van der Waals surface area contributed by atoms with Gasteiger partial charge in [-0.05, 0) is 36.8 Å². The lowest BCUT2D eigenvalue weighted by Gasteiger charge is -2.11. The SMILES string of the molecule is CSc1c(F)cc(C2(O)CC2)cc1Cl. The minimum absolute atomic E-state index is 0.347. The number of benzene rings is 1. The van der Waals surface area contributed by atoms with Gasteiger partial charge in [-0.15, -0.1) is 11.8 Å². The highest BCUT2D eigenvalue weighted by atomic mass is 35.5. The van der Waals surface area contributed by atoms with Crippen LogP contribution in [0.2, 0.25) is 5.02 Å². The molecule has 1 nitrogen and oxygen atoms in total. The summed E-state index contributed by atoms with van der Waals surface area (Å²) in [7, 11) is 0. The molecule has 2 rings (SSSR count). The quantitative estimate of drug-likeness (QED) is 0.791. The van der Waals surface area contributed by atoms with Gasteiger partial charge < -0.3 is 5.11 Å². The van der Waals surface area contributed by atoms with Gasteiger partial charge in [0.25, 0.3) is 0 Å². The second kappa shape index (κ2) is 3.40. The van der Waals surface area contributed by atoms with E-state index in [9.17, 15) is 9.50 Å². The Kier molecular flexibility index (Phi) is 2.50. The van der Waals surface area contributed by atoms with Gasteiger partial charge in [0.2, 0.25) is 0 Å². The summed E-state index contributed by atoms with van der Waals surface area (Å²) in [6.45, 7) is 0. The molecule has 14 heavy (non-hydrogen) atoms. The van der Waals surface area contributed by atoms with Crippen molar-refractivity contribution in [3.05, 3.63) is 28.5 Å². The van der Waals surface area contributed by atoms with Crippen molar-refractivity contribution in [1.82, 2.24) is 0 Å². The van der Waals surface area contributed by atoms with E-state index in [1.165, 1.54) is 17.8 Å². The zero-order valence-corrected chi connectivity index (χ0v) is 9.25. The Morgan fingerprint density at radius 1 is 1.50 bits per heavy atom. The molecule has 1 aromatic rings. The van der Waals surface area contributed by atoms with Crippen molar-refractivity contribution >= 4 is 23.4 Å². The Labute approximate surface area is 91.3 Å². The smallest absolute Gasteiger partial charge is 0.138 e. The molecule has 1 aliphatic rings. The first kappa shape index (κ1) is 10.3. The number of hydrogen-bond acceptors (Lipinski definition) is 2. The van der Waals surface area contributed by atoms with Gasteiger partial charge in [-0.25, -0.2) is 4.39 Å². The van der Waals surface area contributed by atoms with E-state index in [1.54, 1.807) is 12.3 Å². The zero-order valence-electron chi connectivity index (χ0n) is 7.68. The number of halogens is 2. The van der Waals surface area contributed by atoms with Gasteiger partial charge in [0.05, 0.1) is 15.5 Å². The van der Waals surface area contributed by atoms with Crippen LogP contribution in [-0.2, 0) is 5.60 Å². The van der Waals surface area contributed by atoms with Crippen LogP contribution in [0.1, 0.15) is 18.4 Å². The van der Waals surface area contributed by atoms with Crippen LogP contribution in [0.3, 0.4) is 0 Å². The molecule has 1 saturated carbocycles. The van der Waals surface area contributed by atoms with Crippen LogP contribution in [0.15, 0.2) is 17.0 Å². The number of aliphatic hydroxyl groups is 1. The van der Waals surface area contributed by atoms with E-state index in [1.807, 2.05) is 0 Å². The third kappa shape index (κ3) is 1.64. The zero-order chi connectivity index (χ0) is 10.3. The fourth-order valence-electron chi connectivity index (χ4n) is 1.43. The minimum Gasteiger partial charge on any atom is -0.385 e. The van der Waals surface area contributed by atoms with Crippen molar-refractivity contribution in [2.24, 2.45) is 0 Å². The molecule has 0 aromatic heterocycles. The molecule has 0 radical (unpaired) electrons. The molecule has 0 aliphatic heterocycles. The fourth-order valence-corrected chi connectivity index (χ4v) is 2.38. The standard InChI is InChI=1S/C10H10ClFOS/c1-14-9-7(11)4-6(5-8(9)12)10(13)2-3-10/h4-5,13H,2-3H2,1H3. The third-order valence-electron chi connectivity index (χ3n) is 2.46. The molecule has 1 aromatic carbocycles. The maximum atomic E-state index is 13.5. The molecular formula is C10H10ClFOS. The van der Waals surface area contributed by atoms with Crippen LogP contribution in [0, 0.1) is 5.82 Å². The second-order valence-electron chi connectivity index (χ2n) is 3.50. The van der Waals surface area contributed by atoms with Gasteiger partial charge in [-0.2, -0.15) is 0 Å². The lowest BCUT2D eigenvalue weighted by Crippen LogP contribution is -2.05. The average molecular weight is 233 g/mol. The summed E-state index contributed by atoms with van der Waals surface area (Å²) in [4.78, 5) is 0.444. The van der Waals surface area contributed by atoms with Crippen molar-refractivity contribution in [3.8, 4) is 0 Å². The Bertz CT molecular complexity index is 353. The highest BCUT2D eigenvalue weighted by Gasteiger charge is 2.42. The van der Waals surface area contributed by atoms with E-state index in [-0.39, 0.29) is 5.82 Å². The molecule has 0 atom stereocenters. The maximum Gasteiger partial charge on any atom is 0.138 e. The highest BCUT2D eigenvalue weighted by molar-refractivity contribution is 7.98. The molecular weight excluding hydrogens is 223 g/mol. The first-order valence-electron chi connectivity index (χ1n) is 4.33. The molecule has 0 amide bonds. The summed E-state index contributed by atoms with van der Waals surface area (Å²) in [6, 6.07) is 3.04. The summed E-state index contributed by atoms with van der Waals surface area (Å²) in [6.07, 6.45) is 3.17. The van der Waals surface area contributed by atoms with Gasteiger partial charge in [0.1, 0.15) is 5.82 Å². The predicted octanol–water partition coefficient (Wildman–Crippen LogP) is 3.18. The topological polar surface area (TPSA) is 20.2 Å². The van der Waals surface area contributed by atoms with E-state index in [0.29, 0.717) is 28.3 Å². The van der Waals surface area contributed by atoms with E-state index in [4.69, 9.17) is 11.6 Å². The normalized spacial score (nSPS) is 18.3. The number of thioether (sulfide) groups is 1. The average Bonchev–Trinajstić information content (AvgIpc) is 2.84. The van der Waals surface area contributed by atoms with Crippen LogP contribution >= 0.6 is 23.4 Å². The molecule has 0 heterocycles. The Balaban J connectivity index is 2.47. The molecule has 1 aliphatic carbocycles. The second-order valence-corrected chi connectivity index (χ2v) is 4.73. The Morgan fingerprint density at radius 2 is 2.14 bits per heavy atom. The molecule has 1 fully saturated rings. The van der Waals surface area contributed by atoms with E-state index in [2.05, 4.69) is 0 Å². The van der Waals surface area contributed by atoms with E-state index in [0.717, 1.165) is 0 Å². The van der Waals surface area contributed by atoms with E-state index < -0.39 is 5.60 Å². The first-order chi connectivity index (χ1) is 6.57. The van der Waals surface area contributed by atoms with Gasteiger partial charge in [0.15, 0.2) is 0 Å². The van der Waals surface area contributed by atoms with Crippen LogP contribution in [0.25, 0.3) is 0 Å². The van der Waals surface area contributed by atoms with E-state index >= 15 is 0 Å². The van der Waals surface area contributed by atoms with Gasteiger partial charge >= 0.3 is 0 Å². The lowest BCUT2D eigenvalue weighted by molar-refractivity contribution is 0.151. The van der Waals surface area contributed by atoms with Crippen LogP contribution in [0.5, 0.6) is 0 Å². The van der Waals surface area contributed by atoms with Crippen molar-refractivity contribution in [3.63, 3.8) is 0 Å². The fraction of sp³-hybridized carbons (Fsp3) is 0.400. The van der Waals surface area contributed by atoms with Gasteiger partial charge in [-0.3, -0.25) is 0 Å². The predicted molar refractivity (Wildman–Crippen MR) is 56.3 cm³/mol. The Morgan fingerprint density at radius 3 is 2.57 bits per heavy atom. The minimum atomic E-state index is -0.818. The number of hydrogen-bond donors (Lipinski definition) is 1. The summed E-state index contributed by atoms with van der Waals surface area (Å²) < 4.78 is 13.5. The summed E-state index contributed by atoms with van der Waals surface area (Å²) in [5.74, 6) is -0.347. The van der Waals surface area contributed by atoms with Crippen LogP contribution in [0.4, 0.5) is 4.39 Å². The summed E-state index contributed by atoms with van der Waals surface area (Å²) in [5.41, 5.74) is -0.223. The van der Waals surface area contributed by atoms with Crippen molar-refractivity contribution in [2.45, 2.75) is 23.3 Å². The summed E-state index contributed by atoms with van der Waals surface area (Å²) >= 11 is 7.17. The molecule has 0 bridgehead atoms. The Hall–Kier alpha value is -0.250. The molecule has 0 saturated heterocycles. The van der Waals surface area contributed by atoms with Gasteiger partial charge in [-0.1, -0.05) is 11.6 Å². The first-order valence-corrected chi connectivity index (χ1v) is 5.93. The van der Waals surface area contributed by atoms with Crippen LogP contribution < -0.4 is 0 Å². The van der Waals surface area contributed by atoms with Crippen molar-refractivity contribution in [2.75, 3.05) is 6.26 Å². The maximum absolute atomic E-state index is 13.5. The molecule has 4 heteroatoms. The molecule has 0 unspecified atom stereocenters. The third-order valence-corrected chi connectivity index (χ3v) is 3.70. The monoisotopic (exact) mass is 232 g/mol. The molecule has 0 spiro atoms. The van der Waals surface area contributed by atoms with Crippen LogP contribution in [-0.4, -0.2) is 11.4 Å². The highest BCUT2D eigenvalue weighted by Crippen LogP contribution is 2.47. The lowest BCUT2D eigenvalue weighted by atomic mass is 10.1. The molecule has 1 N–H and O–H groups in total. The molecule has 76 valence electrons. The van der Waals surface area contributed by atoms with Gasteiger partial charge in [0, 0.05) is 0 Å².